The molecule has 0 aliphatic carbocycles. The number of hydrogen-bond donors (Lipinski definition) is 2. The average molecular weight is 240 g/mol. The second-order valence-corrected chi connectivity index (χ2v) is 4.04. The molecule has 0 saturated carbocycles. The van der Waals surface area contributed by atoms with Crippen molar-refractivity contribution in [2.24, 2.45) is 0 Å². The summed E-state index contributed by atoms with van der Waals surface area (Å²) in [6.45, 7) is 2.73. The number of nitrogens with zero attached hydrogens (tertiary/aromatic N) is 4. The summed E-state index contributed by atoms with van der Waals surface area (Å²) in [5.41, 5.74) is 5.62. The molecule has 0 aromatic carbocycles. The van der Waals surface area contributed by atoms with Crippen molar-refractivity contribution in [3.8, 4) is 0 Å². The molecule has 7 heteroatoms. The van der Waals surface area contributed by atoms with E-state index in [9.17, 15) is 0 Å². The molecule has 1 rings (SSSR count). The van der Waals surface area contributed by atoms with Crippen molar-refractivity contribution >= 4 is 17.8 Å². The Hall–Kier alpha value is -1.63. The van der Waals surface area contributed by atoms with Crippen LogP contribution in [0.15, 0.2) is 0 Å². The Morgan fingerprint density at radius 2 is 2.06 bits per heavy atom. The lowest BCUT2D eigenvalue weighted by Gasteiger charge is -2.15. The molecule has 0 radical (unpaired) electrons. The SMILES string of the molecule is COCCC(C)Nc1nc(N)nc(N(C)C)n1. The van der Waals surface area contributed by atoms with Crippen LogP contribution in [-0.4, -0.2) is 48.8 Å². The lowest BCUT2D eigenvalue weighted by Crippen LogP contribution is -2.21. The largest absolute Gasteiger partial charge is 0.385 e. The van der Waals surface area contributed by atoms with Crippen LogP contribution in [0.1, 0.15) is 13.3 Å². The van der Waals surface area contributed by atoms with E-state index >= 15 is 0 Å². The molecule has 1 aromatic heterocycles. The highest BCUT2D eigenvalue weighted by molar-refractivity contribution is 5.41. The zero-order chi connectivity index (χ0) is 12.8. The van der Waals surface area contributed by atoms with E-state index in [2.05, 4.69) is 20.3 Å². The summed E-state index contributed by atoms with van der Waals surface area (Å²) in [4.78, 5) is 14.1. The van der Waals surface area contributed by atoms with Crippen LogP contribution in [0.5, 0.6) is 0 Å². The summed E-state index contributed by atoms with van der Waals surface area (Å²) in [6, 6.07) is 0.215. The summed E-state index contributed by atoms with van der Waals surface area (Å²) in [5, 5.41) is 3.16. The van der Waals surface area contributed by atoms with Gasteiger partial charge in [0.25, 0.3) is 0 Å². The fourth-order valence-corrected chi connectivity index (χ4v) is 1.23. The van der Waals surface area contributed by atoms with E-state index in [1.165, 1.54) is 0 Å². The van der Waals surface area contributed by atoms with E-state index in [4.69, 9.17) is 10.5 Å². The third-order valence-electron chi connectivity index (χ3n) is 2.17. The molecule has 0 aliphatic rings. The third kappa shape index (κ3) is 4.39. The van der Waals surface area contributed by atoms with Crippen molar-refractivity contribution in [2.75, 3.05) is 43.8 Å². The van der Waals surface area contributed by atoms with Crippen LogP contribution in [0, 0.1) is 0 Å². The zero-order valence-electron chi connectivity index (χ0n) is 10.8. The fourth-order valence-electron chi connectivity index (χ4n) is 1.23. The van der Waals surface area contributed by atoms with E-state index in [0.717, 1.165) is 6.42 Å². The Kier molecular flexibility index (Phi) is 4.89. The minimum absolute atomic E-state index is 0.213. The maximum absolute atomic E-state index is 5.62. The van der Waals surface area contributed by atoms with Gasteiger partial charge in [-0.1, -0.05) is 0 Å². The van der Waals surface area contributed by atoms with Crippen molar-refractivity contribution in [1.82, 2.24) is 15.0 Å². The molecule has 0 saturated heterocycles. The molecule has 17 heavy (non-hydrogen) atoms. The van der Waals surface area contributed by atoms with Crippen LogP contribution in [0.3, 0.4) is 0 Å². The highest BCUT2D eigenvalue weighted by Gasteiger charge is 2.08. The van der Waals surface area contributed by atoms with E-state index < -0.39 is 0 Å². The van der Waals surface area contributed by atoms with Crippen LogP contribution < -0.4 is 16.0 Å². The number of methoxy groups -OCH3 is 1. The Balaban J connectivity index is 2.70. The van der Waals surface area contributed by atoms with Crippen molar-refractivity contribution in [3.63, 3.8) is 0 Å². The second kappa shape index (κ2) is 6.19. The lowest BCUT2D eigenvalue weighted by molar-refractivity contribution is 0.191. The number of rotatable bonds is 6. The number of nitrogens with one attached hydrogen (secondary N) is 1. The van der Waals surface area contributed by atoms with Crippen LogP contribution in [0.25, 0.3) is 0 Å². The van der Waals surface area contributed by atoms with Gasteiger partial charge in [0.15, 0.2) is 0 Å². The second-order valence-electron chi connectivity index (χ2n) is 4.04. The van der Waals surface area contributed by atoms with Gasteiger partial charge in [0.05, 0.1) is 0 Å². The quantitative estimate of drug-likeness (QED) is 0.741. The molecule has 0 bridgehead atoms. The molecule has 1 heterocycles. The Morgan fingerprint density at radius 3 is 2.65 bits per heavy atom. The highest BCUT2D eigenvalue weighted by atomic mass is 16.5. The molecule has 1 unspecified atom stereocenters. The molecule has 1 aromatic rings. The van der Waals surface area contributed by atoms with E-state index in [1.807, 2.05) is 21.0 Å². The molecule has 7 nitrogen and oxygen atoms in total. The monoisotopic (exact) mass is 240 g/mol. The fraction of sp³-hybridized carbons (Fsp3) is 0.700. The van der Waals surface area contributed by atoms with E-state index in [0.29, 0.717) is 18.5 Å². The number of anilines is 3. The number of hydrogen-bond acceptors (Lipinski definition) is 7. The number of ether oxygens (including phenoxy) is 1. The summed E-state index contributed by atoms with van der Waals surface area (Å²) in [5.74, 6) is 1.24. The number of nitrogens with two attached hydrogens (primary N) is 1. The molecule has 0 amide bonds. The minimum Gasteiger partial charge on any atom is -0.385 e. The van der Waals surface area contributed by atoms with Gasteiger partial charge in [-0.15, -0.1) is 0 Å². The van der Waals surface area contributed by atoms with Gasteiger partial charge in [0.1, 0.15) is 0 Å². The smallest absolute Gasteiger partial charge is 0.231 e. The summed E-state index contributed by atoms with van der Waals surface area (Å²) < 4.78 is 5.01. The molecule has 0 aliphatic heterocycles. The Morgan fingerprint density at radius 1 is 1.35 bits per heavy atom. The van der Waals surface area contributed by atoms with Crippen molar-refractivity contribution in [1.29, 1.82) is 0 Å². The van der Waals surface area contributed by atoms with Gasteiger partial charge in [-0.25, -0.2) is 0 Å². The van der Waals surface area contributed by atoms with Crippen LogP contribution in [-0.2, 0) is 4.74 Å². The molecule has 3 N–H and O–H groups in total. The van der Waals surface area contributed by atoms with Gasteiger partial charge in [0, 0.05) is 33.9 Å². The Labute approximate surface area is 101 Å². The first kappa shape index (κ1) is 13.4. The van der Waals surface area contributed by atoms with Crippen molar-refractivity contribution < 1.29 is 4.74 Å². The van der Waals surface area contributed by atoms with Crippen LogP contribution >= 0.6 is 0 Å². The van der Waals surface area contributed by atoms with Gasteiger partial charge < -0.3 is 20.7 Å². The van der Waals surface area contributed by atoms with Gasteiger partial charge in [0.2, 0.25) is 17.8 Å². The molecule has 96 valence electrons. The number of nitrogen functional groups attached to an aromatic ring is 1. The van der Waals surface area contributed by atoms with Crippen molar-refractivity contribution in [2.45, 2.75) is 19.4 Å². The summed E-state index contributed by atoms with van der Waals surface area (Å²) in [6.07, 6.45) is 0.874. The molecule has 0 spiro atoms. The van der Waals surface area contributed by atoms with E-state index in [1.54, 1.807) is 12.0 Å². The molecule has 0 fully saturated rings. The Bertz CT molecular complexity index is 357. The normalized spacial score (nSPS) is 12.2. The maximum atomic E-state index is 5.62. The van der Waals surface area contributed by atoms with Gasteiger partial charge in [-0.05, 0) is 13.3 Å². The topological polar surface area (TPSA) is 89.2 Å². The number of aromatic nitrogens is 3. The van der Waals surface area contributed by atoms with Crippen LogP contribution in [0.4, 0.5) is 17.8 Å². The summed E-state index contributed by atoms with van der Waals surface area (Å²) >= 11 is 0. The molecular weight excluding hydrogens is 220 g/mol. The standard InChI is InChI=1S/C10H20N6O/c1-7(5-6-17-4)12-9-13-8(11)14-10(15-9)16(2)3/h7H,5-6H2,1-4H3,(H3,11,12,13,14,15). The van der Waals surface area contributed by atoms with Gasteiger partial charge >= 0.3 is 0 Å². The highest BCUT2D eigenvalue weighted by Crippen LogP contribution is 2.10. The van der Waals surface area contributed by atoms with Crippen molar-refractivity contribution in [3.05, 3.63) is 0 Å². The third-order valence-corrected chi connectivity index (χ3v) is 2.17. The minimum atomic E-state index is 0.213. The maximum Gasteiger partial charge on any atom is 0.231 e. The molecule has 1 atom stereocenters. The first-order chi connectivity index (χ1) is 8.02. The molecular formula is C10H20N6O. The van der Waals surface area contributed by atoms with E-state index in [-0.39, 0.29) is 12.0 Å². The predicted octanol–water partition coefficient (Wildman–Crippen LogP) is 0.357. The average Bonchev–Trinajstić information content (AvgIpc) is 2.25. The van der Waals surface area contributed by atoms with Gasteiger partial charge in [-0.3, -0.25) is 0 Å². The summed E-state index contributed by atoms with van der Waals surface area (Å²) in [7, 11) is 5.39. The predicted molar refractivity (Wildman–Crippen MR) is 68.1 cm³/mol. The van der Waals surface area contributed by atoms with Crippen LogP contribution in [0.2, 0.25) is 0 Å². The first-order valence-electron chi connectivity index (χ1n) is 5.47. The zero-order valence-corrected chi connectivity index (χ0v) is 10.8. The lowest BCUT2D eigenvalue weighted by atomic mass is 10.2. The first-order valence-corrected chi connectivity index (χ1v) is 5.47. The van der Waals surface area contributed by atoms with Gasteiger partial charge in [-0.2, -0.15) is 15.0 Å².